The van der Waals surface area contributed by atoms with E-state index in [1.807, 2.05) is 7.05 Å². The SMILES string of the molecule is CNC1c2cc(C(C)C)oc2CCC1C. The molecule has 2 rings (SSSR count). The number of rotatable bonds is 2. The first-order valence-electron chi connectivity index (χ1n) is 5.93. The molecule has 1 N–H and O–H groups in total. The lowest BCUT2D eigenvalue weighted by Gasteiger charge is -2.27. The summed E-state index contributed by atoms with van der Waals surface area (Å²) < 4.78 is 5.91. The molecule has 1 aliphatic carbocycles. The van der Waals surface area contributed by atoms with Crippen molar-refractivity contribution in [2.24, 2.45) is 5.92 Å². The van der Waals surface area contributed by atoms with Crippen LogP contribution in [0.5, 0.6) is 0 Å². The van der Waals surface area contributed by atoms with Crippen LogP contribution in [0, 0.1) is 5.92 Å². The predicted octanol–water partition coefficient (Wildman–Crippen LogP) is 3.25. The van der Waals surface area contributed by atoms with E-state index >= 15 is 0 Å². The Kier molecular flexibility index (Phi) is 2.87. The standard InChI is InChI=1S/C13H21NO/c1-8(2)12-7-10-11(15-12)6-5-9(3)13(10)14-4/h7-9,13-14H,5-6H2,1-4H3. The lowest BCUT2D eigenvalue weighted by molar-refractivity contribution is 0.331. The molecule has 0 saturated heterocycles. The fourth-order valence-corrected chi connectivity index (χ4v) is 2.48. The second kappa shape index (κ2) is 4.01. The topological polar surface area (TPSA) is 25.2 Å². The third-order valence-corrected chi connectivity index (χ3v) is 3.47. The van der Waals surface area contributed by atoms with Crippen LogP contribution in [0.2, 0.25) is 0 Å². The Morgan fingerprint density at radius 3 is 2.80 bits per heavy atom. The van der Waals surface area contributed by atoms with Crippen LogP contribution >= 0.6 is 0 Å². The van der Waals surface area contributed by atoms with E-state index in [4.69, 9.17) is 4.42 Å². The Balaban J connectivity index is 2.36. The van der Waals surface area contributed by atoms with Crippen molar-refractivity contribution in [1.29, 1.82) is 0 Å². The summed E-state index contributed by atoms with van der Waals surface area (Å²) >= 11 is 0. The van der Waals surface area contributed by atoms with Crippen LogP contribution in [0.4, 0.5) is 0 Å². The van der Waals surface area contributed by atoms with Gasteiger partial charge in [-0.1, -0.05) is 20.8 Å². The van der Waals surface area contributed by atoms with E-state index in [2.05, 4.69) is 32.2 Å². The predicted molar refractivity (Wildman–Crippen MR) is 62.1 cm³/mol. The van der Waals surface area contributed by atoms with Gasteiger partial charge in [0.05, 0.1) is 0 Å². The smallest absolute Gasteiger partial charge is 0.108 e. The molecule has 1 aromatic heterocycles. The number of aryl methyl sites for hydroxylation is 1. The molecule has 15 heavy (non-hydrogen) atoms. The Labute approximate surface area is 92.1 Å². The highest BCUT2D eigenvalue weighted by atomic mass is 16.3. The number of furan rings is 1. The van der Waals surface area contributed by atoms with Crippen molar-refractivity contribution in [3.05, 3.63) is 23.2 Å². The first-order valence-corrected chi connectivity index (χ1v) is 5.93. The van der Waals surface area contributed by atoms with Gasteiger partial charge in [0.2, 0.25) is 0 Å². The summed E-state index contributed by atoms with van der Waals surface area (Å²) in [6.07, 6.45) is 2.32. The summed E-state index contributed by atoms with van der Waals surface area (Å²) in [5, 5.41) is 3.40. The summed E-state index contributed by atoms with van der Waals surface area (Å²) in [4.78, 5) is 0. The highest BCUT2D eigenvalue weighted by molar-refractivity contribution is 5.29. The first kappa shape index (κ1) is 10.7. The second-order valence-electron chi connectivity index (χ2n) is 4.96. The van der Waals surface area contributed by atoms with Gasteiger partial charge in [-0.25, -0.2) is 0 Å². The molecule has 2 unspecified atom stereocenters. The average Bonchev–Trinajstić information content (AvgIpc) is 2.61. The van der Waals surface area contributed by atoms with E-state index in [1.165, 1.54) is 17.7 Å². The number of hydrogen-bond donors (Lipinski definition) is 1. The molecule has 0 aliphatic heterocycles. The van der Waals surface area contributed by atoms with Gasteiger partial charge in [0.15, 0.2) is 0 Å². The minimum atomic E-state index is 0.477. The largest absolute Gasteiger partial charge is 0.465 e. The quantitative estimate of drug-likeness (QED) is 0.805. The van der Waals surface area contributed by atoms with E-state index in [9.17, 15) is 0 Å². The minimum Gasteiger partial charge on any atom is -0.465 e. The van der Waals surface area contributed by atoms with E-state index in [1.54, 1.807) is 0 Å². The molecule has 0 bridgehead atoms. The van der Waals surface area contributed by atoms with Gasteiger partial charge in [0.25, 0.3) is 0 Å². The number of hydrogen-bond acceptors (Lipinski definition) is 2. The number of nitrogens with one attached hydrogen (secondary N) is 1. The van der Waals surface area contributed by atoms with Crippen LogP contribution in [0.25, 0.3) is 0 Å². The highest BCUT2D eigenvalue weighted by Crippen LogP contribution is 2.37. The van der Waals surface area contributed by atoms with Crippen molar-refractivity contribution in [2.75, 3.05) is 7.05 Å². The van der Waals surface area contributed by atoms with Gasteiger partial charge in [-0.2, -0.15) is 0 Å². The van der Waals surface area contributed by atoms with Crippen molar-refractivity contribution in [2.45, 2.75) is 45.6 Å². The molecule has 1 aliphatic rings. The van der Waals surface area contributed by atoms with Gasteiger partial charge in [0, 0.05) is 23.9 Å². The maximum atomic E-state index is 5.91. The summed E-state index contributed by atoms with van der Waals surface area (Å²) in [7, 11) is 2.04. The van der Waals surface area contributed by atoms with Crippen molar-refractivity contribution in [1.82, 2.24) is 5.32 Å². The third-order valence-electron chi connectivity index (χ3n) is 3.47. The van der Waals surface area contributed by atoms with Crippen LogP contribution in [0.3, 0.4) is 0 Å². The Bertz CT molecular complexity index is 340. The van der Waals surface area contributed by atoms with E-state index in [0.29, 0.717) is 17.9 Å². The molecule has 0 amide bonds. The maximum absolute atomic E-state index is 5.91. The van der Waals surface area contributed by atoms with Crippen molar-refractivity contribution in [3.8, 4) is 0 Å². The van der Waals surface area contributed by atoms with Crippen LogP contribution in [-0.2, 0) is 6.42 Å². The summed E-state index contributed by atoms with van der Waals surface area (Å²) in [6.45, 7) is 6.68. The molecule has 2 heteroatoms. The Morgan fingerprint density at radius 2 is 2.20 bits per heavy atom. The van der Waals surface area contributed by atoms with Crippen molar-refractivity contribution >= 4 is 0 Å². The van der Waals surface area contributed by atoms with Crippen molar-refractivity contribution < 1.29 is 4.42 Å². The second-order valence-corrected chi connectivity index (χ2v) is 4.96. The molecule has 0 fully saturated rings. The molecule has 2 nitrogen and oxygen atoms in total. The normalized spacial score (nSPS) is 25.7. The minimum absolute atomic E-state index is 0.477. The van der Waals surface area contributed by atoms with Gasteiger partial charge < -0.3 is 9.73 Å². The highest BCUT2D eigenvalue weighted by Gasteiger charge is 2.28. The summed E-state index contributed by atoms with van der Waals surface area (Å²) in [5.41, 5.74) is 1.39. The monoisotopic (exact) mass is 207 g/mol. The van der Waals surface area contributed by atoms with Crippen LogP contribution in [-0.4, -0.2) is 7.05 Å². The van der Waals surface area contributed by atoms with Crippen LogP contribution < -0.4 is 5.32 Å². The van der Waals surface area contributed by atoms with E-state index in [0.717, 1.165) is 12.2 Å². The lowest BCUT2D eigenvalue weighted by Crippen LogP contribution is -2.27. The Hall–Kier alpha value is -0.760. The molecule has 0 saturated carbocycles. The zero-order valence-electron chi connectivity index (χ0n) is 10.1. The zero-order chi connectivity index (χ0) is 11.0. The molecule has 0 radical (unpaired) electrons. The molecular weight excluding hydrogens is 186 g/mol. The lowest BCUT2D eigenvalue weighted by atomic mass is 9.84. The van der Waals surface area contributed by atoms with Gasteiger partial charge in [-0.15, -0.1) is 0 Å². The van der Waals surface area contributed by atoms with E-state index < -0.39 is 0 Å². The molecule has 0 aromatic carbocycles. The van der Waals surface area contributed by atoms with Gasteiger partial charge in [0.1, 0.15) is 11.5 Å². The summed E-state index contributed by atoms with van der Waals surface area (Å²) in [6, 6.07) is 2.72. The molecule has 0 spiro atoms. The van der Waals surface area contributed by atoms with Crippen LogP contribution in [0.1, 0.15) is 56.2 Å². The molecule has 1 aromatic rings. The molecule has 84 valence electrons. The first-order chi connectivity index (χ1) is 7.13. The molecule has 1 heterocycles. The zero-order valence-corrected chi connectivity index (χ0v) is 10.1. The molecular formula is C13H21NO. The van der Waals surface area contributed by atoms with Gasteiger partial charge in [-0.3, -0.25) is 0 Å². The van der Waals surface area contributed by atoms with Gasteiger partial charge in [-0.05, 0) is 25.5 Å². The Morgan fingerprint density at radius 1 is 1.47 bits per heavy atom. The number of fused-ring (bicyclic) bond motifs is 1. The van der Waals surface area contributed by atoms with Crippen molar-refractivity contribution in [3.63, 3.8) is 0 Å². The molecule has 2 atom stereocenters. The average molecular weight is 207 g/mol. The fraction of sp³-hybridized carbons (Fsp3) is 0.692. The van der Waals surface area contributed by atoms with Gasteiger partial charge >= 0.3 is 0 Å². The summed E-state index contributed by atoms with van der Waals surface area (Å²) in [5.74, 6) is 3.54. The third kappa shape index (κ3) is 1.83. The fourth-order valence-electron chi connectivity index (χ4n) is 2.48. The van der Waals surface area contributed by atoms with Crippen LogP contribution in [0.15, 0.2) is 10.5 Å². The van der Waals surface area contributed by atoms with E-state index in [-0.39, 0.29) is 0 Å². The maximum Gasteiger partial charge on any atom is 0.108 e.